The lowest BCUT2D eigenvalue weighted by Gasteiger charge is -2.29. The van der Waals surface area contributed by atoms with Gasteiger partial charge in [-0.1, -0.05) is 13.8 Å². The van der Waals surface area contributed by atoms with Gasteiger partial charge in [-0.3, -0.25) is 4.90 Å². The molecule has 114 valence electrons. The SMILES string of the molecule is CCN(CC)C1CCN(C(=O)N2CCC[C@H]2C(=O)O)C1. The monoisotopic (exact) mass is 283 g/mol. The second-order valence-corrected chi connectivity index (χ2v) is 5.58. The van der Waals surface area contributed by atoms with E-state index >= 15 is 0 Å². The number of rotatable bonds is 4. The van der Waals surface area contributed by atoms with Crippen LogP contribution in [-0.2, 0) is 4.79 Å². The van der Waals surface area contributed by atoms with Gasteiger partial charge in [0.2, 0.25) is 0 Å². The van der Waals surface area contributed by atoms with Gasteiger partial charge < -0.3 is 14.9 Å². The number of carbonyl (C=O) groups is 2. The van der Waals surface area contributed by atoms with Crippen LogP contribution >= 0.6 is 0 Å². The predicted octanol–water partition coefficient (Wildman–Crippen LogP) is 1.07. The number of carboxylic acids is 1. The Balaban J connectivity index is 1.96. The first-order valence-electron chi connectivity index (χ1n) is 7.60. The molecule has 2 fully saturated rings. The van der Waals surface area contributed by atoms with E-state index < -0.39 is 12.0 Å². The Morgan fingerprint density at radius 3 is 2.50 bits per heavy atom. The number of carboxylic acid groups (broad SMARTS) is 1. The Hall–Kier alpha value is -1.30. The minimum atomic E-state index is -0.879. The first kappa shape index (κ1) is 15.1. The van der Waals surface area contributed by atoms with Crippen molar-refractivity contribution in [2.45, 2.75) is 45.2 Å². The Morgan fingerprint density at radius 2 is 1.90 bits per heavy atom. The van der Waals surface area contributed by atoms with Crippen molar-refractivity contribution in [2.24, 2.45) is 0 Å². The second kappa shape index (κ2) is 6.43. The van der Waals surface area contributed by atoms with E-state index in [0.29, 0.717) is 19.0 Å². The summed E-state index contributed by atoms with van der Waals surface area (Å²) in [5.41, 5.74) is 0. The predicted molar refractivity (Wildman–Crippen MR) is 75.7 cm³/mol. The lowest BCUT2D eigenvalue weighted by atomic mass is 10.2. The first-order chi connectivity index (χ1) is 9.58. The number of carbonyl (C=O) groups excluding carboxylic acids is 1. The van der Waals surface area contributed by atoms with E-state index in [1.807, 2.05) is 4.90 Å². The van der Waals surface area contributed by atoms with Gasteiger partial charge in [0, 0.05) is 25.7 Å². The average molecular weight is 283 g/mol. The molecule has 0 aromatic rings. The molecule has 20 heavy (non-hydrogen) atoms. The molecule has 2 rings (SSSR count). The van der Waals surface area contributed by atoms with Gasteiger partial charge in [-0.05, 0) is 32.4 Å². The summed E-state index contributed by atoms with van der Waals surface area (Å²) in [5, 5.41) is 9.17. The van der Waals surface area contributed by atoms with Gasteiger partial charge in [0.05, 0.1) is 0 Å². The van der Waals surface area contributed by atoms with Gasteiger partial charge >= 0.3 is 12.0 Å². The fourth-order valence-corrected chi connectivity index (χ4v) is 3.39. The van der Waals surface area contributed by atoms with E-state index in [4.69, 9.17) is 0 Å². The van der Waals surface area contributed by atoms with Crippen LogP contribution in [0.2, 0.25) is 0 Å². The normalized spacial score (nSPS) is 26.6. The lowest BCUT2D eigenvalue weighted by molar-refractivity contribution is -0.141. The minimum absolute atomic E-state index is 0.0930. The van der Waals surface area contributed by atoms with E-state index in [2.05, 4.69) is 18.7 Å². The van der Waals surface area contributed by atoms with Crippen molar-refractivity contribution in [3.8, 4) is 0 Å². The van der Waals surface area contributed by atoms with Crippen LogP contribution in [-0.4, -0.2) is 76.6 Å². The number of aliphatic carboxylic acids is 1. The van der Waals surface area contributed by atoms with Crippen LogP contribution in [0.4, 0.5) is 4.79 Å². The van der Waals surface area contributed by atoms with Crippen LogP contribution < -0.4 is 0 Å². The maximum atomic E-state index is 12.5. The molecule has 2 saturated heterocycles. The van der Waals surface area contributed by atoms with Gasteiger partial charge in [0.1, 0.15) is 6.04 Å². The van der Waals surface area contributed by atoms with E-state index in [1.54, 1.807) is 0 Å². The number of urea groups is 1. The summed E-state index contributed by atoms with van der Waals surface area (Å²) < 4.78 is 0. The van der Waals surface area contributed by atoms with E-state index in [0.717, 1.165) is 39.0 Å². The van der Waals surface area contributed by atoms with Crippen LogP contribution in [0.1, 0.15) is 33.1 Å². The summed E-state index contributed by atoms with van der Waals surface area (Å²) in [7, 11) is 0. The highest BCUT2D eigenvalue weighted by molar-refractivity contribution is 5.83. The molecule has 2 amide bonds. The molecule has 1 unspecified atom stereocenters. The summed E-state index contributed by atoms with van der Waals surface area (Å²) in [5.74, 6) is -0.879. The molecule has 2 heterocycles. The third kappa shape index (κ3) is 2.90. The summed E-state index contributed by atoms with van der Waals surface area (Å²) in [6.45, 7) is 8.29. The van der Waals surface area contributed by atoms with Crippen LogP contribution in [0, 0.1) is 0 Å². The summed E-state index contributed by atoms with van der Waals surface area (Å²) in [6.07, 6.45) is 2.35. The average Bonchev–Trinajstić information content (AvgIpc) is 3.08. The largest absolute Gasteiger partial charge is 0.480 e. The Labute approximate surface area is 120 Å². The summed E-state index contributed by atoms with van der Waals surface area (Å²) in [4.78, 5) is 29.4. The molecule has 0 aliphatic carbocycles. The van der Waals surface area contributed by atoms with Crippen LogP contribution in [0.3, 0.4) is 0 Å². The molecule has 0 radical (unpaired) electrons. The van der Waals surface area contributed by atoms with Gasteiger partial charge in [-0.15, -0.1) is 0 Å². The van der Waals surface area contributed by atoms with Crippen molar-refractivity contribution in [3.63, 3.8) is 0 Å². The maximum absolute atomic E-state index is 12.5. The standard InChI is InChI=1S/C14H25N3O3/c1-3-15(4-2)11-7-9-16(10-11)14(20)17-8-5-6-12(17)13(18)19/h11-12H,3-10H2,1-2H3,(H,18,19)/t11?,12-/m0/s1. The zero-order valence-electron chi connectivity index (χ0n) is 12.4. The van der Waals surface area contributed by atoms with Gasteiger partial charge in [0.25, 0.3) is 0 Å². The molecule has 0 spiro atoms. The fourth-order valence-electron chi connectivity index (χ4n) is 3.39. The van der Waals surface area contributed by atoms with Crippen molar-refractivity contribution in [3.05, 3.63) is 0 Å². The smallest absolute Gasteiger partial charge is 0.326 e. The Morgan fingerprint density at radius 1 is 1.20 bits per heavy atom. The Bertz CT molecular complexity index is 371. The molecular weight excluding hydrogens is 258 g/mol. The molecule has 0 bridgehead atoms. The Kier molecular flexibility index (Phi) is 4.86. The number of nitrogens with zero attached hydrogens (tertiary/aromatic N) is 3. The van der Waals surface area contributed by atoms with Crippen LogP contribution in [0.15, 0.2) is 0 Å². The number of hydrogen-bond donors (Lipinski definition) is 1. The number of hydrogen-bond acceptors (Lipinski definition) is 3. The number of likely N-dealkylation sites (N-methyl/N-ethyl adjacent to an activating group) is 1. The molecule has 6 nitrogen and oxygen atoms in total. The molecule has 6 heteroatoms. The minimum Gasteiger partial charge on any atom is -0.480 e. The molecule has 2 atom stereocenters. The first-order valence-corrected chi connectivity index (χ1v) is 7.60. The van der Waals surface area contributed by atoms with E-state index in [-0.39, 0.29) is 6.03 Å². The number of likely N-dealkylation sites (tertiary alicyclic amines) is 2. The highest BCUT2D eigenvalue weighted by Crippen LogP contribution is 2.23. The summed E-state index contributed by atoms with van der Waals surface area (Å²) in [6, 6.07) is -0.306. The summed E-state index contributed by atoms with van der Waals surface area (Å²) >= 11 is 0. The van der Waals surface area contributed by atoms with E-state index in [9.17, 15) is 14.7 Å². The van der Waals surface area contributed by atoms with Crippen molar-refractivity contribution in [1.29, 1.82) is 0 Å². The van der Waals surface area contributed by atoms with E-state index in [1.165, 1.54) is 4.90 Å². The highest BCUT2D eigenvalue weighted by Gasteiger charge is 2.38. The lowest BCUT2D eigenvalue weighted by Crippen LogP contribution is -2.48. The van der Waals surface area contributed by atoms with Crippen LogP contribution in [0.5, 0.6) is 0 Å². The van der Waals surface area contributed by atoms with Crippen LogP contribution in [0.25, 0.3) is 0 Å². The molecule has 2 aliphatic heterocycles. The zero-order chi connectivity index (χ0) is 14.7. The molecule has 1 N–H and O–H groups in total. The molecule has 0 aromatic carbocycles. The zero-order valence-corrected chi connectivity index (χ0v) is 12.4. The second-order valence-electron chi connectivity index (χ2n) is 5.58. The number of amides is 2. The topological polar surface area (TPSA) is 64.1 Å². The molecular formula is C14H25N3O3. The fraction of sp³-hybridized carbons (Fsp3) is 0.857. The maximum Gasteiger partial charge on any atom is 0.326 e. The molecule has 0 aromatic heterocycles. The van der Waals surface area contributed by atoms with Crippen molar-refractivity contribution >= 4 is 12.0 Å². The van der Waals surface area contributed by atoms with Gasteiger partial charge in [-0.25, -0.2) is 9.59 Å². The third-order valence-corrected chi connectivity index (χ3v) is 4.55. The quantitative estimate of drug-likeness (QED) is 0.838. The highest BCUT2D eigenvalue weighted by atomic mass is 16.4. The van der Waals surface area contributed by atoms with Gasteiger partial charge in [0.15, 0.2) is 0 Å². The van der Waals surface area contributed by atoms with Gasteiger partial charge in [-0.2, -0.15) is 0 Å². The third-order valence-electron chi connectivity index (χ3n) is 4.55. The van der Waals surface area contributed by atoms with Crippen molar-refractivity contribution in [2.75, 3.05) is 32.7 Å². The van der Waals surface area contributed by atoms with Crippen molar-refractivity contribution < 1.29 is 14.7 Å². The molecule has 0 saturated carbocycles. The van der Waals surface area contributed by atoms with Crippen molar-refractivity contribution in [1.82, 2.24) is 14.7 Å². The molecule has 2 aliphatic rings.